The Hall–Kier alpha value is -4.07. The smallest absolute Gasteiger partial charge is 0.292 e. The van der Waals surface area contributed by atoms with Crippen molar-refractivity contribution in [2.75, 3.05) is 5.32 Å². The highest BCUT2D eigenvalue weighted by atomic mass is 19.1. The van der Waals surface area contributed by atoms with Gasteiger partial charge in [0.2, 0.25) is 5.82 Å². The number of hydrogen-bond donors (Lipinski definition) is 2. The van der Waals surface area contributed by atoms with E-state index in [4.69, 9.17) is 0 Å². The third-order valence-electron chi connectivity index (χ3n) is 4.22. The highest BCUT2D eigenvalue weighted by Gasteiger charge is 2.21. The van der Waals surface area contributed by atoms with Crippen molar-refractivity contribution < 1.29 is 14.0 Å². The number of carbonyl (C=O) groups excluding carboxylic acids is 2. The van der Waals surface area contributed by atoms with E-state index in [1.807, 2.05) is 6.07 Å². The zero-order chi connectivity index (χ0) is 20.2. The SMILES string of the molecule is O=C(NCc1ccccn1)c1nc(C(=O)Nc2ccc(F)cc2)n2ccccc12. The second kappa shape index (κ2) is 7.89. The summed E-state index contributed by atoms with van der Waals surface area (Å²) in [6.07, 6.45) is 3.29. The van der Waals surface area contributed by atoms with Gasteiger partial charge in [-0.1, -0.05) is 12.1 Å². The van der Waals surface area contributed by atoms with Gasteiger partial charge in [0.25, 0.3) is 11.8 Å². The predicted octanol–water partition coefficient (Wildman–Crippen LogP) is 3.05. The Bertz CT molecular complexity index is 1170. The number of anilines is 1. The van der Waals surface area contributed by atoms with Crippen LogP contribution < -0.4 is 10.6 Å². The van der Waals surface area contributed by atoms with Crippen molar-refractivity contribution in [2.24, 2.45) is 0 Å². The molecule has 0 atom stereocenters. The number of aromatic nitrogens is 3. The molecule has 0 aliphatic rings. The Morgan fingerprint density at radius 2 is 1.76 bits per heavy atom. The molecule has 2 amide bonds. The van der Waals surface area contributed by atoms with Gasteiger partial charge in [0.05, 0.1) is 17.8 Å². The van der Waals surface area contributed by atoms with E-state index in [1.54, 1.807) is 42.7 Å². The fraction of sp³-hybridized carbons (Fsp3) is 0.0476. The van der Waals surface area contributed by atoms with Gasteiger partial charge in [-0.2, -0.15) is 0 Å². The van der Waals surface area contributed by atoms with E-state index >= 15 is 0 Å². The maximum atomic E-state index is 13.1. The van der Waals surface area contributed by atoms with Crippen LogP contribution in [0, 0.1) is 5.82 Å². The molecule has 0 bridgehead atoms. The second-order valence-electron chi connectivity index (χ2n) is 6.20. The van der Waals surface area contributed by atoms with Crippen LogP contribution in [0.25, 0.3) is 5.52 Å². The van der Waals surface area contributed by atoms with Crippen molar-refractivity contribution in [3.63, 3.8) is 0 Å². The number of amides is 2. The number of fused-ring (bicyclic) bond motifs is 1. The van der Waals surface area contributed by atoms with Crippen LogP contribution in [0.2, 0.25) is 0 Å². The largest absolute Gasteiger partial charge is 0.345 e. The van der Waals surface area contributed by atoms with Gasteiger partial charge < -0.3 is 10.6 Å². The van der Waals surface area contributed by atoms with E-state index in [0.717, 1.165) is 0 Å². The molecule has 4 aromatic rings. The van der Waals surface area contributed by atoms with E-state index in [1.165, 1.54) is 28.7 Å². The molecule has 29 heavy (non-hydrogen) atoms. The molecule has 0 spiro atoms. The summed E-state index contributed by atoms with van der Waals surface area (Å²) in [5.74, 6) is -1.28. The Morgan fingerprint density at radius 3 is 2.52 bits per heavy atom. The molecule has 4 rings (SSSR count). The highest BCUT2D eigenvalue weighted by molar-refractivity contribution is 6.06. The van der Waals surface area contributed by atoms with Gasteiger partial charge >= 0.3 is 0 Å². The number of halogens is 1. The number of benzene rings is 1. The van der Waals surface area contributed by atoms with Crippen molar-refractivity contribution in [3.05, 3.63) is 96.1 Å². The minimum Gasteiger partial charge on any atom is -0.345 e. The highest BCUT2D eigenvalue weighted by Crippen LogP contribution is 2.16. The predicted molar refractivity (Wildman–Crippen MR) is 105 cm³/mol. The molecule has 3 aromatic heterocycles. The molecule has 144 valence electrons. The van der Waals surface area contributed by atoms with Gasteiger partial charge in [-0.05, 0) is 48.5 Å². The Labute approximate surface area is 165 Å². The number of pyridine rings is 2. The van der Waals surface area contributed by atoms with Crippen LogP contribution in [0.3, 0.4) is 0 Å². The van der Waals surface area contributed by atoms with E-state index in [2.05, 4.69) is 20.6 Å². The summed E-state index contributed by atoms with van der Waals surface area (Å²) in [6.45, 7) is 0.239. The number of rotatable bonds is 5. The van der Waals surface area contributed by atoms with Crippen LogP contribution in [0.4, 0.5) is 10.1 Å². The Kier molecular flexibility index (Phi) is 4.98. The first kappa shape index (κ1) is 18.3. The number of hydrogen-bond acceptors (Lipinski definition) is 4. The van der Waals surface area contributed by atoms with E-state index in [-0.39, 0.29) is 18.1 Å². The van der Waals surface area contributed by atoms with E-state index in [0.29, 0.717) is 16.9 Å². The summed E-state index contributed by atoms with van der Waals surface area (Å²) < 4.78 is 14.6. The van der Waals surface area contributed by atoms with Gasteiger partial charge in [0, 0.05) is 18.1 Å². The van der Waals surface area contributed by atoms with Crippen molar-refractivity contribution in [2.45, 2.75) is 6.54 Å². The summed E-state index contributed by atoms with van der Waals surface area (Å²) in [5.41, 5.74) is 1.75. The molecule has 0 aliphatic heterocycles. The maximum absolute atomic E-state index is 13.1. The Balaban J connectivity index is 1.60. The van der Waals surface area contributed by atoms with Gasteiger partial charge in [0.1, 0.15) is 5.82 Å². The third-order valence-corrected chi connectivity index (χ3v) is 4.22. The van der Waals surface area contributed by atoms with Crippen LogP contribution >= 0.6 is 0 Å². The molecular weight excluding hydrogens is 373 g/mol. The summed E-state index contributed by atoms with van der Waals surface area (Å²) in [5, 5.41) is 5.42. The maximum Gasteiger partial charge on any atom is 0.292 e. The van der Waals surface area contributed by atoms with Crippen LogP contribution in [0.15, 0.2) is 73.1 Å². The first-order chi connectivity index (χ1) is 14.1. The van der Waals surface area contributed by atoms with E-state index in [9.17, 15) is 14.0 Å². The molecule has 0 radical (unpaired) electrons. The van der Waals surface area contributed by atoms with Crippen molar-refractivity contribution in [3.8, 4) is 0 Å². The number of imidazole rings is 1. The van der Waals surface area contributed by atoms with Crippen LogP contribution in [0.1, 0.15) is 26.8 Å². The summed E-state index contributed by atoms with van der Waals surface area (Å²) in [4.78, 5) is 33.8. The summed E-state index contributed by atoms with van der Waals surface area (Å²) in [7, 11) is 0. The lowest BCUT2D eigenvalue weighted by Gasteiger charge is -2.04. The molecule has 0 saturated heterocycles. The normalized spacial score (nSPS) is 10.7. The molecule has 8 heteroatoms. The second-order valence-corrected chi connectivity index (χ2v) is 6.20. The minimum atomic E-state index is -0.512. The molecule has 7 nitrogen and oxygen atoms in total. The van der Waals surface area contributed by atoms with Crippen LogP contribution in [-0.2, 0) is 6.54 Å². The first-order valence-corrected chi connectivity index (χ1v) is 8.84. The molecule has 3 heterocycles. The Morgan fingerprint density at radius 1 is 0.966 bits per heavy atom. The monoisotopic (exact) mass is 389 g/mol. The lowest BCUT2D eigenvalue weighted by atomic mass is 10.3. The zero-order valence-corrected chi connectivity index (χ0v) is 15.2. The molecule has 0 unspecified atom stereocenters. The quantitative estimate of drug-likeness (QED) is 0.549. The molecule has 2 N–H and O–H groups in total. The zero-order valence-electron chi connectivity index (χ0n) is 15.2. The summed E-state index contributed by atoms with van der Waals surface area (Å²) in [6, 6.07) is 16.0. The standard InChI is InChI=1S/C21H16FN5O2/c22-14-7-9-15(10-8-14)25-21(29)19-26-18(17-6-2-4-12-27(17)19)20(28)24-13-16-5-1-3-11-23-16/h1-12H,13H2,(H,24,28)(H,25,29). The molecule has 0 aliphatic carbocycles. The average Bonchev–Trinajstić information content (AvgIpc) is 3.14. The number of nitrogens with one attached hydrogen (secondary N) is 2. The lowest BCUT2D eigenvalue weighted by Crippen LogP contribution is -2.24. The topological polar surface area (TPSA) is 88.4 Å². The fourth-order valence-corrected chi connectivity index (χ4v) is 2.84. The van der Waals surface area contributed by atoms with Crippen LogP contribution in [-0.4, -0.2) is 26.2 Å². The molecule has 0 fully saturated rings. The fourth-order valence-electron chi connectivity index (χ4n) is 2.84. The van der Waals surface area contributed by atoms with Crippen molar-refractivity contribution in [1.29, 1.82) is 0 Å². The number of nitrogens with zero attached hydrogens (tertiary/aromatic N) is 3. The molecular formula is C21H16FN5O2. The van der Waals surface area contributed by atoms with Gasteiger partial charge in [-0.15, -0.1) is 0 Å². The summed E-state index contributed by atoms with van der Waals surface area (Å²) >= 11 is 0. The molecule has 0 saturated carbocycles. The average molecular weight is 389 g/mol. The minimum absolute atomic E-state index is 0.0490. The first-order valence-electron chi connectivity index (χ1n) is 8.84. The lowest BCUT2D eigenvalue weighted by molar-refractivity contribution is 0.0947. The van der Waals surface area contributed by atoms with Crippen LogP contribution in [0.5, 0.6) is 0 Å². The van der Waals surface area contributed by atoms with Crippen molar-refractivity contribution >= 4 is 23.0 Å². The third kappa shape index (κ3) is 3.96. The van der Waals surface area contributed by atoms with Gasteiger partial charge in [-0.25, -0.2) is 9.37 Å². The molecule has 1 aromatic carbocycles. The van der Waals surface area contributed by atoms with E-state index < -0.39 is 17.6 Å². The number of carbonyl (C=O) groups is 2. The van der Waals surface area contributed by atoms with Gasteiger partial charge in [-0.3, -0.25) is 19.0 Å². The van der Waals surface area contributed by atoms with Gasteiger partial charge in [0.15, 0.2) is 5.69 Å². The van der Waals surface area contributed by atoms with Crippen molar-refractivity contribution in [1.82, 2.24) is 19.7 Å².